The van der Waals surface area contributed by atoms with Crippen LogP contribution >= 0.6 is 0 Å². The van der Waals surface area contributed by atoms with E-state index in [1.54, 1.807) is 0 Å². The Hall–Kier alpha value is -2.01. The topological polar surface area (TPSA) is 28.7 Å². The van der Waals surface area contributed by atoms with Crippen LogP contribution in [0.3, 0.4) is 0 Å². The molecule has 0 atom stereocenters. The highest BCUT2D eigenvalue weighted by Gasteiger charge is 2.28. The lowest BCUT2D eigenvalue weighted by atomic mass is 10.1. The Kier molecular flexibility index (Phi) is 2.26. The Bertz CT molecular complexity index is 583. The molecule has 0 radical (unpaired) electrons. The summed E-state index contributed by atoms with van der Waals surface area (Å²) >= 11 is 0. The van der Waals surface area contributed by atoms with Gasteiger partial charge in [-0.1, -0.05) is 30.3 Å². The van der Waals surface area contributed by atoms with E-state index in [9.17, 15) is 0 Å². The maximum Gasteiger partial charge on any atom is 0.101 e. The molecule has 1 aromatic heterocycles. The van der Waals surface area contributed by atoms with Crippen molar-refractivity contribution in [3.05, 3.63) is 47.7 Å². The maximum absolute atomic E-state index is 9.14. The molecule has 3 rings (SSSR count). The molecule has 2 aromatic rings. The fourth-order valence-corrected chi connectivity index (χ4v) is 2.37. The van der Waals surface area contributed by atoms with Crippen molar-refractivity contribution in [2.45, 2.75) is 25.8 Å². The average Bonchev–Trinajstić information content (AvgIpc) is 3.14. The highest BCUT2D eigenvalue weighted by atomic mass is 15.1. The number of benzene rings is 1. The standard InChI is InChI=1S/C15H14N2/c1-11-13(10-16)9-15(17(11)14-7-8-14)12-5-3-2-4-6-12/h2-6,9,14H,7-8H2,1H3. The molecule has 0 unspecified atom stereocenters. The van der Waals surface area contributed by atoms with E-state index in [1.165, 1.54) is 24.1 Å². The van der Waals surface area contributed by atoms with E-state index in [0.29, 0.717) is 6.04 Å². The zero-order valence-corrected chi connectivity index (χ0v) is 9.85. The van der Waals surface area contributed by atoms with Crippen LogP contribution in [-0.4, -0.2) is 4.57 Å². The first-order chi connectivity index (χ1) is 8.31. The lowest BCUT2D eigenvalue weighted by Gasteiger charge is -2.10. The van der Waals surface area contributed by atoms with Gasteiger partial charge >= 0.3 is 0 Å². The SMILES string of the molecule is Cc1c(C#N)cc(-c2ccccc2)n1C1CC1. The summed E-state index contributed by atoms with van der Waals surface area (Å²) in [6.07, 6.45) is 2.47. The highest BCUT2D eigenvalue weighted by molar-refractivity contribution is 5.64. The molecule has 1 saturated carbocycles. The normalized spacial score (nSPS) is 14.6. The van der Waals surface area contributed by atoms with Crippen LogP contribution in [0.1, 0.15) is 30.1 Å². The molecule has 1 aromatic carbocycles. The smallest absolute Gasteiger partial charge is 0.101 e. The Morgan fingerprint density at radius 1 is 1.24 bits per heavy atom. The van der Waals surface area contributed by atoms with Crippen LogP contribution < -0.4 is 0 Å². The molecule has 0 spiro atoms. The van der Waals surface area contributed by atoms with Crippen molar-refractivity contribution in [1.82, 2.24) is 4.57 Å². The minimum absolute atomic E-state index is 0.604. The van der Waals surface area contributed by atoms with Crippen molar-refractivity contribution in [2.24, 2.45) is 0 Å². The van der Waals surface area contributed by atoms with Gasteiger partial charge in [0.15, 0.2) is 0 Å². The second-order valence-corrected chi connectivity index (χ2v) is 4.61. The largest absolute Gasteiger partial charge is 0.340 e. The molecule has 1 aliphatic carbocycles. The second kappa shape index (κ2) is 3.78. The van der Waals surface area contributed by atoms with E-state index in [1.807, 2.05) is 31.2 Å². The van der Waals surface area contributed by atoms with Gasteiger partial charge in [0.1, 0.15) is 6.07 Å². The third kappa shape index (κ3) is 1.64. The van der Waals surface area contributed by atoms with Gasteiger partial charge in [-0.25, -0.2) is 0 Å². The Morgan fingerprint density at radius 3 is 2.53 bits per heavy atom. The van der Waals surface area contributed by atoms with Crippen molar-refractivity contribution in [1.29, 1.82) is 5.26 Å². The first-order valence-corrected chi connectivity index (χ1v) is 5.98. The fraction of sp³-hybridized carbons (Fsp3) is 0.267. The van der Waals surface area contributed by atoms with Gasteiger partial charge in [-0.15, -0.1) is 0 Å². The molecule has 1 fully saturated rings. The van der Waals surface area contributed by atoms with Gasteiger partial charge in [-0.2, -0.15) is 5.26 Å². The second-order valence-electron chi connectivity index (χ2n) is 4.61. The number of nitriles is 1. The van der Waals surface area contributed by atoms with Crippen LogP contribution in [0.4, 0.5) is 0 Å². The van der Waals surface area contributed by atoms with Crippen molar-refractivity contribution in [2.75, 3.05) is 0 Å². The van der Waals surface area contributed by atoms with E-state index >= 15 is 0 Å². The van der Waals surface area contributed by atoms with E-state index in [-0.39, 0.29) is 0 Å². The van der Waals surface area contributed by atoms with Crippen molar-refractivity contribution >= 4 is 0 Å². The van der Waals surface area contributed by atoms with Crippen LogP contribution in [-0.2, 0) is 0 Å². The third-order valence-electron chi connectivity index (χ3n) is 3.39. The van der Waals surface area contributed by atoms with Crippen LogP contribution in [0.2, 0.25) is 0 Å². The highest BCUT2D eigenvalue weighted by Crippen LogP contribution is 2.41. The van der Waals surface area contributed by atoms with E-state index < -0.39 is 0 Å². The number of hydrogen-bond acceptors (Lipinski definition) is 1. The first-order valence-electron chi connectivity index (χ1n) is 5.98. The molecule has 0 aliphatic heterocycles. The quantitative estimate of drug-likeness (QED) is 0.762. The van der Waals surface area contributed by atoms with Crippen molar-refractivity contribution < 1.29 is 0 Å². The van der Waals surface area contributed by atoms with Gasteiger partial charge in [0.25, 0.3) is 0 Å². The van der Waals surface area contributed by atoms with Crippen LogP contribution in [0, 0.1) is 18.3 Å². The maximum atomic E-state index is 9.14. The Morgan fingerprint density at radius 2 is 1.94 bits per heavy atom. The predicted molar refractivity (Wildman–Crippen MR) is 67.6 cm³/mol. The van der Waals surface area contributed by atoms with Crippen molar-refractivity contribution in [3.8, 4) is 17.3 Å². The minimum atomic E-state index is 0.604. The van der Waals surface area contributed by atoms with Crippen LogP contribution in [0.15, 0.2) is 36.4 Å². The van der Waals surface area contributed by atoms with E-state index in [0.717, 1.165) is 11.3 Å². The number of nitrogens with zero attached hydrogens (tertiary/aromatic N) is 2. The Balaban J connectivity index is 2.20. The molecule has 0 saturated heterocycles. The van der Waals surface area contributed by atoms with Gasteiger partial charge in [-0.05, 0) is 31.4 Å². The van der Waals surface area contributed by atoms with Crippen LogP contribution in [0.25, 0.3) is 11.3 Å². The lowest BCUT2D eigenvalue weighted by molar-refractivity contribution is 0.729. The summed E-state index contributed by atoms with van der Waals surface area (Å²) in [6.45, 7) is 2.04. The molecule has 2 nitrogen and oxygen atoms in total. The average molecular weight is 222 g/mol. The molecule has 0 bridgehead atoms. The molecule has 0 N–H and O–H groups in total. The van der Waals surface area contributed by atoms with Gasteiger partial charge in [0, 0.05) is 17.4 Å². The zero-order chi connectivity index (χ0) is 11.8. The van der Waals surface area contributed by atoms with Gasteiger partial charge in [0.05, 0.1) is 5.56 Å². The number of hydrogen-bond donors (Lipinski definition) is 0. The summed E-state index contributed by atoms with van der Waals surface area (Å²) in [6, 6.07) is 15.2. The van der Waals surface area contributed by atoms with Crippen molar-refractivity contribution in [3.63, 3.8) is 0 Å². The number of aromatic nitrogens is 1. The summed E-state index contributed by atoms with van der Waals surface area (Å²) < 4.78 is 2.33. The van der Waals surface area contributed by atoms with Crippen LogP contribution in [0.5, 0.6) is 0 Å². The molecular weight excluding hydrogens is 208 g/mol. The predicted octanol–water partition coefficient (Wildman–Crippen LogP) is 3.67. The molecule has 1 heterocycles. The summed E-state index contributed by atoms with van der Waals surface area (Å²) in [5.74, 6) is 0. The van der Waals surface area contributed by atoms with E-state index in [2.05, 4.69) is 22.8 Å². The van der Waals surface area contributed by atoms with Gasteiger partial charge in [-0.3, -0.25) is 0 Å². The minimum Gasteiger partial charge on any atom is -0.340 e. The summed E-state index contributed by atoms with van der Waals surface area (Å²) in [7, 11) is 0. The summed E-state index contributed by atoms with van der Waals surface area (Å²) in [4.78, 5) is 0. The fourth-order valence-electron chi connectivity index (χ4n) is 2.37. The number of rotatable bonds is 2. The third-order valence-corrected chi connectivity index (χ3v) is 3.39. The van der Waals surface area contributed by atoms with Gasteiger partial charge < -0.3 is 4.57 Å². The molecule has 2 heteroatoms. The zero-order valence-electron chi connectivity index (χ0n) is 9.85. The monoisotopic (exact) mass is 222 g/mol. The first kappa shape index (κ1) is 10.2. The summed E-state index contributed by atoms with van der Waals surface area (Å²) in [5, 5.41) is 9.14. The summed E-state index contributed by atoms with van der Waals surface area (Å²) in [5.41, 5.74) is 4.29. The van der Waals surface area contributed by atoms with Gasteiger partial charge in [0.2, 0.25) is 0 Å². The molecule has 0 amide bonds. The molecule has 17 heavy (non-hydrogen) atoms. The Labute approximate surface area is 101 Å². The molecular formula is C15H14N2. The van der Waals surface area contributed by atoms with E-state index in [4.69, 9.17) is 5.26 Å². The lowest BCUT2D eigenvalue weighted by Crippen LogP contribution is -1.99. The molecule has 84 valence electrons. The molecule has 1 aliphatic rings.